The van der Waals surface area contributed by atoms with Gasteiger partial charge in [-0.3, -0.25) is 4.79 Å². The van der Waals surface area contributed by atoms with Gasteiger partial charge in [-0.2, -0.15) is 0 Å². The van der Waals surface area contributed by atoms with Crippen molar-refractivity contribution in [1.29, 1.82) is 0 Å². The third-order valence-electron chi connectivity index (χ3n) is 2.40. The standard InChI is InChI=1S/C10H11ClFN3O/c11-6-4-7(12)9(14-5-6)15-8-2-1-3-13-10(8)16/h4-5,8H,1-3H2,(H,13,16)(H,14,15). The van der Waals surface area contributed by atoms with Crippen molar-refractivity contribution in [2.45, 2.75) is 18.9 Å². The molecule has 1 saturated heterocycles. The maximum Gasteiger partial charge on any atom is 0.242 e. The van der Waals surface area contributed by atoms with E-state index >= 15 is 0 Å². The normalized spacial score (nSPS) is 20.4. The quantitative estimate of drug-likeness (QED) is 0.829. The average molecular weight is 244 g/mol. The van der Waals surface area contributed by atoms with Gasteiger partial charge >= 0.3 is 0 Å². The molecular formula is C10H11ClFN3O. The Hall–Kier alpha value is -1.36. The highest BCUT2D eigenvalue weighted by atomic mass is 35.5. The number of anilines is 1. The molecule has 6 heteroatoms. The van der Waals surface area contributed by atoms with Gasteiger partial charge in [0.15, 0.2) is 11.6 Å². The van der Waals surface area contributed by atoms with Gasteiger partial charge in [0, 0.05) is 12.7 Å². The van der Waals surface area contributed by atoms with Crippen LogP contribution in [-0.4, -0.2) is 23.5 Å². The van der Waals surface area contributed by atoms with Gasteiger partial charge in [0.25, 0.3) is 0 Å². The highest BCUT2D eigenvalue weighted by molar-refractivity contribution is 6.30. The van der Waals surface area contributed by atoms with Crippen molar-refractivity contribution < 1.29 is 9.18 Å². The first kappa shape index (κ1) is 11.1. The largest absolute Gasteiger partial charge is 0.356 e. The van der Waals surface area contributed by atoms with E-state index in [-0.39, 0.29) is 16.7 Å². The fourth-order valence-electron chi connectivity index (χ4n) is 1.60. The van der Waals surface area contributed by atoms with Crippen LogP contribution < -0.4 is 10.6 Å². The third-order valence-corrected chi connectivity index (χ3v) is 2.61. The summed E-state index contributed by atoms with van der Waals surface area (Å²) in [5.41, 5.74) is 0. The summed E-state index contributed by atoms with van der Waals surface area (Å²) < 4.78 is 13.4. The first-order valence-corrected chi connectivity index (χ1v) is 5.40. The van der Waals surface area contributed by atoms with Gasteiger partial charge < -0.3 is 10.6 Å². The number of carbonyl (C=O) groups excluding carboxylic acids is 1. The molecule has 0 bridgehead atoms. The fraction of sp³-hybridized carbons (Fsp3) is 0.400. The van der Waals surface area contributed by atoms with E-state index in [0.717, 1.165) is 12.5 Å². The number of piperidine rings is 1. The Morgan fingerprint density at radius 3 is 3.12 bits per heavy atom. The van der Waals surface area contributed by atoms with E-state index in [0.29, 0.717) is 13.0 Å². The van der Waals surface area contributed by atoms with Crippen LogP contribution in [0.3, 0.4) is 0 Å². The number of pyridine rings is 1. The predicted molar refractivity (Wildman–Crippen MR) is 58.9 cm³/mol. The van der Waals surface area contributed by atoms with Gasteiger partial charge in [0.1, 0.15) is 6.04 Å². The molecule has 1 fully saturated rings. The molecule has 2 rings (SSSR count). The molecule has 1 aromatic heterocycles. The molecule has 0 spiro atoms. The lowest BCUT2D eigenvalue weighted by Crippen LogP contribution is -2.44. The lowest BCUT2D eigenvalue weighted by Gasteiger charge is -2.23. The monoisotopic (exact) mass is 243 g/mol. The molecule has 0 aromatic carbocycles. The Morgan fingerprint density at radius 1 is 1.62 bits per heavy atom. The number of nitrogens with zero attached hydrogens (tertiary/aromatic N) is 1. The van der Waals surface area contributed by atoms with Gasteiger partial charge in [-0.25, -0.2) is 9.37 Å². The minimum Gasteiger partial charge on any atom is -0.356 e. The molecule has 2 N–H and O–H groups in total. The van der Waals surface area contributed by atoms with Crippen molar-refractivity contribution >= 4 is 23.3 Å². The second-order valence-corrected chi connectivity index (χ2v) is 4.05. The summed E-state index contributed by atoms with van der Waals surface area (Å²) in [7, 11) is 0. The molecule has 1 aliphatic rings. The van der Waals surface area contributed by atoms with Crippen molar-refractivity contribution in [1.82, 2.24) is 10.3 Å². The minimum absolute atomic E-state index is 0.0615. The van der Waals surface area contributed by atoms with Crippen LogP contribution in [0, 0.1) is 5.82 Å². The second kappa shape index (κ2) is 4.65. The Balaban J connectivity index is 2.10. The smallest absolute Gasteiger partial charge is 0.242 e. The number of nitrogens with one attached hydrogen (secondary N) is 2. The highest BCUT2D eigenvalue weighted by Gasteiger charge is 2.22. The zero-order chi connectivity index (χ0) is 11.5. The molecule has 1 unspecified atom stereocenters. The second-order valence-electron chi connectivity index (χ2n) is 3.61. The molecule has 4 nitrogen and oxygen atoms in total. The van der Waals surface area contributed by atoms with Gasteiger partial charge in [0.05, 0.1) is 5.02 Å². The third kappa shape index (κ3) is 2.41. The number of aromatic nitrogens is 1. The van der Waals surface area contributed by atoms with Gasteiger partial charge in [-0.1, -0.05) is 11.6 Å². The summed E-state index contributed by atoms with van der Waals surface area (Å²) in [4.78, 5) is 15.2. The van der Waals surface area contributed by atoms with Crippen LogP contribution in [0.4, 0.5) is 10.2 Å². The number of hydrogen-bond acceptors (Lipinski definition) is 3. The Labute approximate surface area is 97.2 Å². The maximum atomic E-state index is 13.4. The molecule has 0 saturated carbocycles. The topological polar surface area (TPSA) is 54.0 Å². The van der Waals surface area contributed by atoms with Crippen molar-refractivity contribution in [3.8, 4) is 0 Å². The molecule has 1 aromatic rings. The summed E-state index contributed by atoms with van der Waals surface area (Å²) in [5.74, 6) is -0.611. The lowest BCUT2D eigenvalue weighted by molar-refractivity contribution is -0.123. The van der Waals surface area contributed by atoms with Crippen LogP contribution in [0.5, 0.6) is 0 Å². The molecule has 0 radical (unpaired) electrons. The number of halogens is 2. The van der Waals surface area contributed by atoms with Gasteiger partial charge in [-0.05, 0) is 18.9 Å². The number of carbonyl (C=O) groups is 1. The molecule has 1 atom stereocenters. The Morgan fingerprint density at radius 2 is 2.44 bits per heavy atom. The Kier molecular flexibility index (Phi) is 3.24. The molecule has 2 heterocycles. The zero-order valence-electron chi connectivity index (χ0n) is 8.46. The van der Waals surface area contributed by atoms with Gasteiger partial charge in [0.2, 0.25) is 5.91 Å². The number of rotatable bonds is 2. The van der Waals surface area contributed by atoms with E-state index in [9.17, 15) is 9.18 Å². The minimum atomic E-state index is -0.550. The summed E-state index contributed by atoms with van der Waals surface area (Å²) in [6, 6.07) is 0.745. The molecular weight excluding hydrogens is 233 g/mol. The maximum absolute atomic E-state index is 13.4. The predicted octanol–water partition coefficient (Wildman–Crippen LogP) is 1.56. The molecule has 86 valence electrons. The molecule has 1 aliphatic heterocycles. The van der Waals surface area contributed by atoms with E-state index < -0.39 is 11.9 Å². The SMILES string of the molecule is O=C1NCCCC1Nc1ncc(Cl)cc1F. The Bertz CT molecular complexity index is 413. The average Bonchev–Trinajstić information content (AvgIpc) is 2.25. The van der Waals surface area contributed by atoms with Crippen molar-refractivity contribution in [3.05, 3.63) is 23.1 Å². The van der Waals surface area contributed by atoms with Crippen molar-refractivity contribution in [2.24, 2.45) is 0 Å². The van der Waals surface area contributed by atoms with E-state index in [1.165, 1.54) is 6.20 Å². The number of hydrogen-bond donors (Lipinski definition) is 2. The lowest BCUT2D eigenvalue weighted by atomic mass is 10.1. The van der Waals surface area contributed by atoms with Crippen molar-refractivity contribution in [2.75, 3.05) is 11.9 Å². The van der Waals surface area contributed by atoms with E-state index in [4.69, 9.17) is 11.6 Å². The van der Waals surface area contributed by atoms with Crippen LogP contribution in [0.25, 0.3) is 0 Å². The van der Waals surface area contributed by atoms with E-state index in [2.05, 4.69) is 15.6 Å². The van der Waals surface area contributed by atoms with Crippen molar-refractivity contribution in [3.63, 3.8) is 0 Å². The summed E-state index contributed by atoms with van der Waals surface area (Å²) in [6.45, 7) is 0.674. The van der Waals surface area contributed by atoms with E-state index in [1.807, 2.05) is 0 Å². The van der Waals surface area contributed by atoms with Crippen LogP contribution in [0.2, 0.25) is 5.02 Å². The zero-order valence-corrected chi connectivity index (χ0v) is 9.22. The van der Waals surface area contributed by atoms with Crippen LogP contribution in [-0.2, 0) is 4.79 Å². The highest BCUT2D eigenvalue weighted by Crippen LogP contribution is 2.18. The summed E-state index contributed by atoms with van der Waals surface area (Å²) in [5, 5.41) is 5.71. The first-order chi connectivity index (χ1) is 7.66. The molecule has 1 amide bonds. The van der Waals surface area contributed by atoms with Gasteiger partial charge in [-0.15, -0.1) is 0 Å². The first-order valence-electron chi connectivity index (χ1n) is 5.02. The molecule has 0 aliphatic carbocycles. The molecule has 16 heavy (non-hydrogen) atoms. The van der Waals surface area contributed by atoms with Crippen LogP contribution >= 0.6 is 11.6 Å². The van der Waals surface area contributed by atoms with E-state index in [1.54, 1.807) is 0 Å². The number of amides is 1. The van der Waals surface area contributed by atoms with Crippen LogP contribution in [0.1, 0.15) is 12.8 Å². The fourth-order valence-corrected chi connectivity index (χ4v) is 1.74. The summed E-state index contributed by atoms with van der Waals surface area (Å²) in [6.07, 6.45) is 2.89. The summed E-state index contributed by atoms with van der Waals surface area (Å²) >= 11 is 5.58. The van der Waals surface area contributed by atoms with Crippen LogP contribution in [0.15, 0.2) is 12.3 Å².